The van der Waals surface area contributed by atoms with Crippen LogP contribution in [0.1, 0.15) is 6.92 Å². The third kappa shape index (κ3) is 4.94. The zero-order valence-corrected chi connectivity index (χ0v) is 16.9. The summed E-state index contributed by atoms with van der Waals surface area (Å²) in [4.78, 5) is 10.8. The molecule has 0 radical (unpaired) electrons. The van der Waals surface area contributed by atoms with Gasteiger partial charge in [-0.3, -0.25) is 0 Å². The standard InChI is InChI=1S/C22H26N4O3/c1-4-26(11-12-27)18-8-6-17(7-9-18)25-22-14-19(23-15-24-22)16-5-10-20(28-2)21(13-16)29-3/h5-10,13-15,27H,4,11-12H2,1-3H3,(H,23,24,25). The highest BCUT2D eigenvalue weighted by Gasteiger charge is 2.09. The smallest absolute Gasteiger partial charge is 0.161 e. The quantitative estimate of drug-likeness (QED) is 0.572. The van der Waals surface area contributed by atoms with Crippen LogP contribution in [-0.4, -0.2) is 49.0 Å². The first kappa shape index (κ1) is 20.4. The van der Waals surface area contributed by atoms with Crippen LogP contribution in [-0.2, 0) is 0 Å². The van der Waals surface area contributed by atoms with Gasteiger partial charge in [-0.2, -0.15) is 0 Å². The Morgan fingerprint density at radius 3 is 2.38 bits per heavy atom. The van der Waals surface area contributed by atoms with E-state index in [9.17, 15) is 5.11 Å². The number of aliphatic hydroxyl groups excluding tert-OH is 1. The molecule has 0 spiro atoms. The number of benzene rings is 2. The minimum absolute atomic E-state index is 0.133. The second-order valence-corrected chi connectivity index (χ2v) is 6.33. The van der Waals surface area contributed by atoms with Crippen molar-refractivity contribution < 1.29 is 14.6 Å². The van der Waals surface area contributed by atoms with E-state index in [4.69, 9.17) is 9.47 Å². The van der Waals surface area contributed by atoms with Gasteiger partial charge < -0.3 is 24.8 Å². The van der Waals surface area contributed by atoms with Crippen LogP contribution in [0.4, 0.5) is 17.2 Å². The lowest BCUT2D eigenvalue weighted by molar-refractivity contribution is 0.302. The van der Waals surface area contributed by atoms with Crippen LogP contribution in [0, 0.1) is 0 Å². The van der Waals surface area contributed by atoms with Crippen molar-refractivity contribution in [3.63, 3.8) is 0 Å². The number of anilines is 3. The molecule has 29 heavy (non-hydrogen) atoms. The van der Waals surface area contributed by atoms with Gasteiger partial charge in [0.25, 0.3) is 0 Å². The topological polar surface area (TPSA) is 79.7 Å². The average molecular weight is 394 g/mol. The Morgan fingerprint density at radius 2 is 1.72 bits per heavy atom. The Balaban J connectivity index is 1.78. The molecule has 0 aliphatic heterocycles. The number of hydrogen-bond acceptors (Lipinski definition) is 7. The Hall–Kier alpha value is -3.32. The highest BCUT2D eigenvalue weighted by atomic mass is 16.5. The third-order valence-electron chi connectivity index (χ3n) is 4.60. The number of likely N-dealkylation sites (N-methyl/N-ethyl adjacent to an activating group) is 1. The number of ether oxygens (including phenoxy) is 2. The van der Waals surface area contributed by atoms with E-state index in [-0.39, 0.29) is 6.61 Å². The zero-order valence-electron chi connectivity index (χ0n) is 16.9. The van der Waals surface area contributed by atoms with Gasteiger partial charge >= 0.3 is 0 Å². The molecule has 7 heteroatoms. The number of aromatic nitrogens is 2. The Bertz CT molecular complexity index is 932. The Labute approximate surface area is 171 Å². The number of rotatable bonds is 9. The Morgan fingerprint density at radius 1 is 0.966 bits per heavy atom. The SMILES string of the molecule is CCN(CCO)c1ccc(Nc2cc(-c3ccc(OC)c(OC)c3)ncn2)cc1. The maximum atomic E-state index is 9.18. The van der Waals surface area contributed by atoms with E-state index < -0.39 is 0 Å². The van der Waals surface area contributed by atoms with Gasteiger partial charge in [0.1, 0.15) is 12.1 Å². The highest BCUT2D eigenvalue weighted by Crippen LogP contribution is 2.32. The maximum absolute atomic E-state index is 9.18. The summed E-state index contributed by atoms with van der Waals surface area (Å²) in [6.45, 7) is 3.66. The lowest BCUT2D eigenvalue weighted by atomic mass is 10.1. The van der Waals surface area contributed by atoms with E-state index in [1.54, 1.807) is 14.2 Å². The summed E-state index contributed by atoms with van der Waals surface area (Å²) in [6.07, 6.45) is 1.53. The highest BCUT2D eigenvalue weighted by molar-refractivity contribution is 5.68. The van der Waals surface area contributed by atoms with Crippen molar-refractivity contribution in [3.8, 4) is 22.8 Å². The zero-order chi connectivity index (χ0) is 20.6. The van der Waals surface area contributed by atoms with Gasteiger partial charge in [0.2, 0.25) is 0 Å². The largest absolute Gasteiger partial charge is 0.493 e. The number of methoxy groups -OCH3 is 2. The van der Waals surface area contributed by atoms with Crippen molar-refractivity contribution in [2.24, 2.45) is 0 Å². The van der Waals surface area contributed by atoms with Crippen molar-refractivity contribution >= 4 is 17.2 Å². The van der Waals surface area contributed by atoms with Crippen LogP contribution in [0.5, 0.6) is 11.5 Å². The van der Waals surface area contributed by atoms with Crippen molar-refractivity contribution in [1.29, 1.82) is 0 Å². The second-order valence-electron chi connectivity index (χ2n) is 6.33. The van der Waals surface area contributed by atoms with Crippen molar-refractivity contribution in [1.82, 2.24) is 9.97 Å². The van der Waals surface area contributed by atoms with Gasteiger partial charge in [0, 0.05) is 36.1 Å². The van der Waals surface area contributed by atoms with Crippen LogP contribution in [0.15, 0.2) is 54.9 Å². The molecule has 1 aromatic heterocycles. The van der Waals surface area contributed by atoms with Crippen molar-refractivity contribution in [2.75, 3.05) is 44.1 Å². The fourth-order valence-electron chi connectivity index (χ4n) is 3.07. The van der Waals surface area contributed by atoms with Gasteiger partial charge in [-0.25, -0.2) is 9.97 Å². The second kappa shape index (κ2) is 9.75. The van der Waals surface area contributed by atoms with Crippen molar-refractivity contribution in [3.05, 3.63) is 54.9 Å². The average Bonchev–Trinajstić information content (AvgIpc) is 2.77. The minimum atomic E-state index is 0.133. The lowest BCUT2D eigenvalue weighted by Gasteiger charge is -2.22. The molecule has 0 aliphatic rings. The van der Waals surface area contributed by atoms with E-state index in [0.717, 1.165) is 29.2 Å². The molecule has 3 rings (SSSR count). The summed E-state index contributed by atoms with van der Waals surface area (Å²) in [5.74, 6) is 2.02. The third-order valence-corrected chi connectivity index (χ3v) is 4.60. The number of aliphatic hydroxyl groups is 1. The fourth-order valence-corrected chi connectivity index (χ4v) is 3.07. The molecule has 0 saturated heterocycles. The van der Waals surface area contributed by atoms with Gasteiger partial charge in [-0.1, -0.05) is 0 Å². The summed E-state index contributed by atoms with van der Waals surface area (Å²) >= 11 is 0. The summed E-state index contributed by atoms with van der Waals surface area (Å²) in [5.41, 5.74) is 3.68. The van der Waals surface area contributed by atoms with Gasteiger partial charge in [0.15, 0.2) is 11.5 Å². The number of nitrogens with zero attached hydrogens (tertiary/aromatic N) is 3. The molecule has 0 fully saturated rings. The van der Waals surface area contributed by atoms with E-state index in [1.165, 1.54) is 6.33 Å². The van der Waals surface area contributed by atoms with Gasteiger partial charge in [-0.15, -0.1) is 0 Å². The summed E-state index contributed by atoms with van der Waals surface area (Å²) < 4.78 is 10.7. The molecule has 0 unspecified atom stereocenters. The van der Waals surface area contributed by atoms with E-state index >= 15 is 0 Å². The fraction of sp³-hybridized carbons (Fsp3) is 0.273. The molecule has 0 aliphatic carbocycles. The van der Waals surface area contributed by atoms with Crippen LogP contribution in [0.25, 0.3) is 11.3 Å². The minimum Gasteiger partial charge on any atom is -0.493 e. The summed E-state index contributed by atoms with van der Waals surface area (Å²) in [7, 11) is 3.22. The first-order chi connectivity index (χ1) is 14.2. The molecule has 0 atom stereocenters. The van der Waals surface area contributed by atoms with E-state index in [0.29, 0.717) is 23.9 Å². The number of hydrogen-bond donors (Lipinski definition) is 2. The molecule has 2 aromatic carbocycles. The Kier molecular flexibility index (Phi) is 6.86. The monoisotopic (exact) mass is 394 g/mol. The molecular weight excluding hydrogens is 368 g/mol. The molecule has 0 bridgehead atoms. The number of nitrogens with one attached hydrogen (secondary N) is 1. The predicted molar refractivity (Wildman–Crippen MR) is 115 cm³/mol. The first-order valence-corrected chi connectivity index (χ1v) is 9.45. The molecule has 2 N–H and O–H groups in total. The molecule has 0 saturated carbocycles. The molecule has 152 valence electrons. The molecule has 7 nitrogen and oxygen atoms in total. The lowest BCUT2D eigenvalue weighted by Crippen LogP contribution is -2.25. The van der Waals surface area contributed by atoms with Crippen molar-refractivity contribution in [2.45, 2.75) is 6.92 Å². The van der Waals surface area contributed by atoms with Gasteiger partial charge in [-0.05, 0) is 49.4 Å². The predicted octanol–water partition coefficient (Wildman–Crippen LogP) is 3.72. The normalized spacial score (nSPS) is 10.5. The van der Waals surface area contributed by atoms with Crippen LogP contribution in [0.3, 0.4) is 0 Å². The summed E-state index contributed by atoms with van der Waals surface area (Å²) in [6, 6.07) is 15.6. The van der Waals surface area contributed by atoms with Crippen LogP contribution < -0.4 is 19.7 Å². The molecule has 1 heterocycles. The van der Waals surface area contributed by atoms with E-state index in [2.05, 4.69) is 27.1 Å². The van der Waals surface area contributed by atoms with Crippen LogP contribution in [0.2, 0.25) is 0 Å². The van der Waals surface area contributed by atoms with E-state index in [1.807, 2.05) is 48.5 Å². The summed E-state index contributed by atoms with van der Waals surface area (Å²) in [5, 5.41) is 12.5. The molecule has 3 aromatic rings. The first-order valence-electron chi connectivity index (χ1n) is 9.45. The van der Waals surface area contributed by atoms with Gasteiger partial charge in [0.05, 0.1) is 26.5 Å². The molecular formula is C22H26N4O3. The molecule has 0 amide bonds. The maximum Gasteiger partial charge on any atom is 0.161 e. The van der Waals surface area contributed by atoms with Crippen LogP contribution >= 0.6 is 0 Å².